The molecular weight excluding hydrogens is 402 g/mol. The first kappa shape index (κ1) is 21.9. The molecule has 5 nitrogen and oxygen atoms in total. The highest BCUT2D eigenvalue weighted by molar-refractivity contribution is 5.93. The number of nitrogens with zero attached hydrogens (tertiary/aromatic N) is 1. The van der Waals surface area contributed by atoms with E-state index in [1.807, 2.05) is 0 Å². The number of nitrogens with one attached hydrogen (secondary N) is 1. The number of carbonyl (C=O) groups excluding carboxylic acids is 2. The molecule has 1 fully saturated rings. The van der Waals surface area contributed by atoms with E-state index in [9.17, 15) is 22.8 Å². The molecule has 0 aliphatic carbocycles. The summed E-state index contributed by atoms with van der Waals surface area (Å²) in [6.07, 6.45) is -2.31. The maximum Gasteiger partial charge on any atom is 0.431 e. The van der Waals surface area contributed by atoms with Crippen LogP contribution < -0.4 is 5.73 Å². The van der Waals surface area contributed by atoms with Crippen molar-refractivity contribution >= 4 is 22.7 Å². The van der Waals surface area contributed by atoms with Crippen LogP contribution in [-0.2, 0) is 28.6 Å². The monoisotopic (exact) mass is 425 g/mol. The first-order valence-electron chi connectivity index (χ1n) is 9.62. The van der Waals surface area contributed by atoms with E-state index < -0.39 is 23.6 Å². The number of aromatic amines is 1. The van der Waals surface area contributed by atoms with E-state index in [0.29, 0.717) is 25.9 Å². The van der Waals surface area contributed by atoms with Crippen molar-refractivity contribution in [3.05, 3.63) is 46.9 Å². The van der Waals surface area contributed by atoms with Crippen LogP contribution in [-0.4, -0.2) is 34.8 Å². The number of alkyl halides is 3. The van der Waals surface area contributed by atoms with Crippen LogP contribution >= 0.6 is 0 Å². The number of benzene rings is 1. The van der Waals surface area contributed by atoms with Crippen LogP contribution in [0.4, 0.5) is 17.6 Å². The molecule has 2 heterocycles. The van der Waals surface area contributed by atoms with Gasteiger partial charge >= 0.3 is 6.18 Å². The summed E-state index contributed by atoms with van der Waals surface area (Å²) in [6, 6.07) is 1.09. The van der Waals surface area contributed by atoms with Gasteiger partial charge in [-0.05, 0) is 60.9 Å². The Bertz CT molecular complexity index is 1000. The molecule has 30 heavy (non-hydrogen) atoms. The third-order valence-electron chi connectivity index (χ3n) is 5.70. The molecule has 1 aliphatic heterocycles. The number of rotatable bonds is 5. The fraction of sp³-hybridized carbons (Fsp3) is 0.429. The number of amides is 2. The van der Waals surface area contributed by atoms with Crippen LogP contribution in [0.25, 0.3) is 10.9 Å². The van der Waals surface area contributed by atoms with Crippen LogP contribution in [0.1, 0.15) is 35.2 Å². The second-order valence-corrected chi connectivity index (χ2v) is 7.69. The van der Waals surface area contributed by atoms with Crippen molar-refractivity contribution in [2.75, 3.05) is 13.1 Å². The molecule has 0 atom stereocenters. The summed E-state index contributed by atoms with van der Waals surface area (Å²) < 4.78 is 55.4. The molecule has 0 unspecified atom stereocenters. The highest BCUT2D eigenvalue weighted by Crippen LogP contribution is 2.39. The zero-order chi connectivity index (χ0) is 22.2. The van der Waals surface area contributed by atoms with Gasteiger partial charge in [0.05, 0.1) is 11.9 Å². The number of hydrogen-bond acceptors (Lipinski definition) is 2. The van der Waals surface area contributed by atoms with Crippen LogP contribution in [0.5, 0.6) is 0 Å². The Morgan fingerprint density at radius 3 is 2.50 bits per heavy atom. The summed E-state index contributed by atoms with van der Waals surface area (Å²) in [5.74, 6) is -1.57. The largest absolute Gasteiger partial charge is 0.431 e. The van der Waals surface area contributed by atoms with Crippen LogP contribution in [0, 0.1) is 18.7 Å². The van der Waals surface area contributed by atoms with Crippen molar-refractivity contribution in [1.29, 1.82) is 0 Å². The molecular formula is C21H23F4N3O2. The molecule has 9 heteroatoms. The molecule has 1 aromatic heterocycles. The maximum absolute atomic E-state index is 15.0. The van der Waals surface area contributed by atoms with Crippen molar-refractivity contribution in [2.45, 2.75) is 38.8 Å². The molecule has 3 rings (SSSR count). The van der Waals surface area contributed by atoms with Gasteiger partial charge in [-0.15, -0.1) is 0 Å². The number of piperidine rings is 1. The third-order valence-corrected chi connectivity index (χ3v) is 5.70. The predicted molar refractivity (Wildman–Crippen MR) is 104 cm³/mol. The zero-order valence-corrected chi connectivity index (χ0v) is 16.5. The molecule has 2 amide bonds. The first-order valence-corrected chi connectivity index (χ1v) is 9.62. The number of aromatic nitrogens is 1. The van der Waals surface area contributed by atoms with Crippen LogP contribution in [0.15, 0.2) is 18.7 Å². The average Bonchev–Trinajstić information content (AvgIpc) is 3.02. The van der Waals surface area contributed by atoms with Crippen molar-refractivity contribution in [3.8, 4) is 0 Å². The number of hydrogen-bond donors (Lipinski definition) is 2. The number of fused-ring (bicyclic) bond motifs is 1. The summed E-state index contributed by atoms with van der Waals surface area (Å²) in [6.45, 7) is 5.73. The van der Waals surface area contributed by atoms with E-state index in [0.717, 1.165) is 6.07 Å². The predicted octanol–water partition coefficient (Wildman–Crippen LogP) is 3.63. The fourth-order valence-electron chi connectivity index (χ4n) is 4.23. The number of primary amides is 1. The Kier molecular flexibility index (Phi) is 5.92. The average molecular weight is 425 g/mol. The minimum Gasteiger partial charge on any atom is -0.369 e. The van der Waals surface area contributed by atoms with Crippen LogP contribution in [0.2, 0.25) is 0 Å². The minimum atomic E-state index is -4.64. The number of aryl methyl sites for hydroxylation is 1. The summed E-state index contributed by atoms with van der Waals surface area (Å²) in [7, 11) is 0. The first-order chi connectivity index (χ1) is 14.0. The normalized spacial score (nSPS) is 15.6. The molecule has 0 spiro atoms. The topological polar surface area (TPSA) is 79.2 Å². The number of H-pyrrole nitrogens is 1. The highest BCUT2D eigenvalue weighted by atomic mass is 19.4. The smallest absolute Gasteiger partial charge is 0.369 e. The van der Waals surface area contributed by atoms with Crippen molar-refractivity contribution in [3.63, 3.8) is 0 Å². The van der Waals surface area contributed by atoms with Gasteiger partial charge < -0.3 is 15.6 Å². The standard InChI is InChI=1S/C21H23F4N3O2/c1-3-17(30)28-6-4-12(5-7-28)8-14-15(22)9-13(10-16(26)29)19-18(14)11(2)20(27-19)21(23,24)25/h3,9,12,27H,1,4-8,10H2,2H3,(H2,26,29). The van der Waals surface area contributed by atoms with Gasteiger partial charge in [0.1, 0.15) is 11.5 Å². The molecule has 3 N–H and O–H groups in total. The molecule has 0 radical (unpaired) electrons. The summed E-state index contributed by atoms with van der Waals surface area (Å²) >= 11 is 0. The van der Waals surface area contributed by atoms with E-state index in [-0.39, 0.29) is 52.3 Å². The van der Waals surface area contributed by atoms with Gasteiger partial charge in [0.15, 0.2) is 0 Å². The quantitative estimate of drug-likeness (QED) is 0.567. The highest BCUT2D eigenvalue weighted by Gasteiger charge is 2.36. The number of halogens is 4. The maximum atomic E-state index is 15.0. The van der Waals surface area contributed by atoms with Gasteiger partial charge in [-0.25, -0.2) is 4.39 Å². The van der Waals surface area contributed by atoms with Gasteiger partial charge in [0.2, 0.25) is 11.8 Å². The number of nitrogens with two attached hydrogens (primary N) is 1. The van der Waals surface area contributed by atoms with Gasteiger partial charge in [-0.3, -0.25) is 9.59 Å². The second kappa shape index (κ2) is 8.12. The molecule has 1 aromatic carbocycles. The lowest BCUT2D eigenvalue weighted by Gasteiger charge is -2.31. The molecule has 2 aromatic rings. The van der Waals surface area contributed by atoms with E-state index in [1.165, 1.54) is 13.0 Å². The molecule has 1 saturated heterocycles. The molecule has 162 valence electrons. The van der Waals surface area contributed by atoms with E-state index in [2.05, 4.69) is 11.6 Å². The Labute approximate surface area is 170 Å². The van der Waals surface area contributed by atoms with Gasteiger partial charge in [0, 0.05) is 18.5 Å². The third kappa shape index (κ3) is 4.20. The molecule has 0 bridgehead atoms. The van der Waals surface area contributed by atoms with Crippen molar-refractivity contribution in [1.82, 2.24) is 9.88 Å². The van der Waals surface area contributed by atoms with E-state index >= 15 is 4.39 Å². The Morgan fingerprint density at radius 1 is 1.33 bits per heavy atom. The van der Waals surface area contributed by atoms with E-state index in [4.69, 9.17) is 5.73 Å². The number of carbonyl (C=O) groups is 2. The Balaban J connectivity index is 2.01. The molecule has 0 saturated carbocycles. The lowest BCUT2D eigenvalue weighted by molar-refractivity contribution is -0.141. The molecule has 1 aliphatic rings. The van der Waals surface area contributed by atoms with Crippen molar-refractivity contribution < 1.29 is 27.2 Å². The Morgan fingerprint density at radius 2 is 1.97 bits per heavy atom. The number of likely N-dealkylation sites (tertiary alicyclic amines) is 1. The summed E-state index contributed by atoms with van der Waals surface area (Å²) in [4.78, 5) is 27.1. The minimum absolute atomic E-state index is 0.0159. The lowest BCUT2D eigenvalue weighted by atomic mass is 9.87. The van der Waals surface area contributed by atoms with Crippen LogP contribution in [0.3, 0.4) is 0 Å². The zero-order valence-electron chi connectivity index (χ0n) is 16.5. The SMILES string of the molecule is C=CC(=O)N1CCC(Cc2c(F)cc(CC(N)=O)c3[nH]c(C(F)(F)F)c(C)c23)CC1. The van der Waals surface area contributed by atoms with Gasteiger partial charge in [-0.1, -0.05) is 6.58 Å². The lowest BCUT2D eigenvalue weighted by Crippen LogP contribution is -2.37. The summed E-state index contributed by atoms with van der Waals surface area (Å²) in [5.41, 5.74) is 4.52. The van der Waals surface area contributed by atoms with Crippen molar-refractivity contribution in [2.24, 2.45) is 11.7 Å². The summed E-state index contributed by atoms with van der Waals surface area (Å²) in [5, 5.41) is 0.156. The fourth-order valence-corrected chi connectivity index (χ4v) is 4.23. The van der Waals surface area contributed by atoms with E-state index in [1.54, 1.807) is 4.90 Å². The van der Waals surface area contributed by atoms with Gasteiger partial charge in [0.25, 0.3) is 0 Å². The second-order valence-electron chi connectivity index (χ2n) is 7.69. The van der Waals surface area contributed by atoms with Gasteiger partial charge in [-0.2, -0.15) is 13.2 Å². The Hall–Kier alpha value is -2.84.